The number of carbonyl (C=O) groups excluding carboxylic acids is 4. The highest BCUT2D eigenvalue weighted by molar-refractivity contribution is 5.96. The van der Waals surface area contributed by atoms with E-state index in [9.17, 15) is 19.2 Å². The average molecular weight is 919 g/mol. The smallest absolute Gasteiger partial charge is 0.460 e. The molecule has 2 heterocycles. The first-order valence-corrected chi connectivity index (χ1v) is 24.7. The summed E-state index contributed by atoms with van der Waals surface area (Å²) in [6, 6.07) is 19.8. The van der Waals surface area contributed by atoms with Crippen molar-refractivity contribution < 1.29 is 42.2 Å². The number of ether oxygens (including phenoxy) is 3. The summed E-state index contributed by atoms with van der Waals surface area (Å²) < 4.78 is 29.3. The third-order valence-electron chi connectivity index (χ3n) is 18.9. The summed E-state index contributed by atoms with van der Waals surface area (Å²) in [5.41, 5.74) is -0.647. The van der Waals surface area contributed by atoms with Crippen molar-refractivity contribution in [2.45, 2.75) is 125 Å². The van der Waals surface area contributed by atoms with Crippen LogP contribution in [0.3, 0.4) is 0 Å². The normalized spacial score (nSPS) is 36.4. The molecular weight excluding hydrogens is 849 g/mol. The molecule has 6 aliphatic rings. The molecule has 0 spiro atoms. The number of piperazine rings is 1. The Morgan fingerprint density at radius 2 is 1.42 bits per heavy atom. The summed E-state index contributed by atoms with van der Waals surface area (Å²) in [6.07, 6.45) is 6.93. The molecule has 1 saturated heterocycles. The fraction of sp³-hybridized carbons (Fsp3) is 0.618. The number of carbonyl (C=O) groups is 4. The maximum atomic E-state index is 15.4. The Morgan fingerprint density at radius 1 is 0.776 bits per heavy atom. The second kappa shape index (κ2) is 17.3. The summed E-state index contributed by atoms with van der Waals surface area (Å²) in [5.74, 6) is -2.39. The number of esters is 3. The largest absolute Gasteiger partial charge is 0.519 e. The molecule has 67 heavy (non-hydrogen) atoms. The van der Waals surface area contributed by atoms with Crippen LogP contribution in [0.1, 0.15) is 128 Å². The molecule has 0 unspecified atom stereocenters. The van der Waals surface area contributed by atoms with Gasteiger partial charge >= 0.3 is 23.7 Å². The minimum atomic E-state index is -1.32. The van der Waals surface area contributed by atoms with Gasteiger partial charge in [0, 0.05) is 32.1 Å². The summed E-state index contributed by atoms with van der Waals surface area (Å²) in [5, 5.41) is 0. The minimum Gasteiger partial charge on any atom is -0.460 e. The molecule has 0 bridgehead atoms. The Balaban J connectivity index is 1.02. The van der Waals surface area contributed by atoms with Gasteiger partial charge in [-0.05, 0) is 136 Å². The molecule has 0 radical (unpaired) electrons. The molecule has 1 aliphatic heterocycles. The maximum absolute atomic E-state index is 15.4. The Morgan fingerprint density at radius 3 is 2.04 bits per heavy atom. The first-order valence-electron chi connectivity index (χ1n) is 24.7. The van der Waals surface area contributed by atoms with Crippen LogP contribution in [-0.2, 0) is 40.0 Å². The number of hydrogen-bond donors (Lipinski definition) is 0. The monoisotopic (exact) mass is 919 g/mol. The van der Waals surface area contributed by atoms with Gasteiger partial charge in [0.1, 0.15) is 11.5 Å². The van der Waals surface area contributed by atoms with E-state index in [1.807, 2.05) is 73.7 Å². The van der Waals surface area contributed by atoms with Gasteiger partial charge in [-0.25, -0.2) is 4.79 Å². The summed E-state index contributed by atoms with van der Waals surface area (Å²) in [4.78, 5) is 75.0. The van der Waals surface area contributed by atoms with Crippen LogP contribution < -0.4 is 5.82 Å². The van der Waals surface area contributed by atoms with E-state index in [2.05, 4.69) is 51.5 Å². The molecule has 5 fully saturated rings. The van der Waals surface area contributed by atoms with Crippen LogP contribution in [-0.4, -0.2) is 79.4 Å². The molecule has 10 atom stereocenters. The number of nitrogens with zero attached hydrogens (tertiary/aromatic N) is 2. The third kappa shape index (κ3) is 7.95. The van der Waals surface area contributed by atoms with Crippen molar-refractivity contribution >= 4 is 23.7 Å². The number of aryl methyl sites for hydroxylation is 1. The molecule has 12 heteroatoms. The van der Waals surface area contributed by atoms with Crippen molar-refractivity contribution in [3.63, 3.8) is 0 Å². The van der Waals surface area contributed by atoms with E-state index in [1.165, 1.54) is 5.57 Å². The van der Waals surface area contributed by atoms with Crippen molar-refractivity contribution in [1.29, 1.82) is 0 Å². The van der Waals surface area contributed by atoms with Crippen molar-refractivity contribution in [3.8, 4) is 0 Å². The maximum Gasteiger partial charge on any atom is 0.519 e. The lowest BCUT2D eigenvalue weighted by atomic mass is 9.33. The Labute approximate surface area is 395 Å². The highest BCUT2D eigenvalue weighted by Gasteiger charge is 2.72. The summed E-state index contributed by atoms with van der Waals surface area (Å²) in [7, 11) is 2.07. The average Bonchev–Trinajstić information content (AvgIpc) is 3.63. The van der Waals surface area contributed by atoms with E-state index >= 15 is 4.79 Å². The second-order valence-electron chi connectivity index (χ2n) is 22.7. The lowest BCUT2D eigenvalue weighted by Gasteiger charge is -2.70. The van der Waals surface area contributed by atoms with Crippen LogP contribution >= 0.6 is 0 Å². The van der Waals surface area contributed by atoms with E-state index in [0.29, 0.717) is 38.5 Å². The van der Waals surface area contributed by atoms with Gasteiger partial charge in [-0.2, -0.15) is 0 Å². The predicted octanol–water partition coefficient (Wildman–Crippen LogP) is 9.04. The van der Waals surface area contributed by atoms with Crippen molar-refractivity contribution in [3.05, 3.63) is 106 Å². The van der Waals surface area contributed by atoms with Crippen molar-refractivity contribution in [2.24, 2.45) is 50.2 Å². The van der Waals surface area contributed by atoms with Crippen molar-refractivity contribution in [2.75, 3.05) is 39.8 Å². The van der Waals surface area contributed by atoms with Gasteiger partial charge in [0.25, 0.3) is 0 Å². The highest BCUT2D eigenvalue weighted by Crippen LogP contribution is 2.75. The van der Waals surface area contributed by atoms with Gasteiger partial charge in [0.15, 0.2) is 30.0 Å². The zero-order valence-corrected chi connectivity index (χ0v) is 40.8. The number of fused-ring (bicyclic) bond motifs is 7. The molecule has 360 valence electrons. The number of likely N-dealkylation sites (N-methyl/N-ethyl adjacent to an activating group) is 1. The van der Waals surface area contributed by atoms with Gasteiger partial charge in [0.05, 0.1) is 12.0 Å². The van der Waals surface area contributed by atoms with Crippen LogP contribution in [0.15, 0.2) is 85.9 Å². The second-order valence-corrected chi connectivity index (χ2v) is 22.7. The fourth-order valence-electron chi connectivity index (χ4n) is 14.5. The van der Waals surface area contributed by atoms with E-state index in [-0.39, 0.29) is 65.1 Å². The predicted molar refractivity (Wildman–Crippen MR) is 250 cm³/mol. The first-order chi connectivity index (χ1) is 31.7. The molecule has 3 aromatic rings. The number of hydrogen-bond acceptors (Lipinski definition) is 12. The Kier molecular flexibility index (Phi) is 12.2. The third-order valence-corrected chi connectivity index (χ3v) is 18.9. The van der Waals surface area contributed by atoms with E-state index in [1.54, 1.807) is 6.92 Å². The first kappa shape index (κ1) is 47.3. The Hall–Kier alpha value is -4.81. The quantitative estimate of drug-likeness (QED) is 0.141. The minimum absolute atomic E-state index is 0.00108. The zero-order valence-electron chi connectivity index (χ0n) is 40.8. The number of rotatable bonds is 10. The number of allylic oxidation sites excluding steroid dienone is 2. The summed E-state index contributed by atoms with van der Waals surface area (Å²) >= 11 is 0. The van der Waals surface area contributed by atoms with Crippen LogP contribution in [0, 0.1) is 57.2 Å². The molecule has 0 N–H and O–H groups in total. The molecule has 0 amide bonds. The molecule has 1 aromatic heterocycles. The molecule has 12 nitrogen and oxygen atoms in total. The van der Waals surface area contributed by atoms with Crippen LogP contribution in [0.4, 0.5) is 0 Å². The zero-order chi connectivity index (χ0) is 47.7. The Bertz CT molecular complexity index is 2430. The summed E-state index contributed by atoms with van der Waals surface area (Å²) in [6.45, 7) is 17.7. The van der Waals surface area contributed by atoms with E-state index in [4.69, 9.17) is 23.0 Å². The topological polar surface area (TPSA) is 146 Å². The van der Waals surface area contributed by atoms with Gasteiger partial charge in [-0.15, -0.1) is 0 Å². The number of ketones is 1. The SMILES string of the molecule is Cc1oc(=O)oc1COC(=O)[C@]1(C)[C@@H](OC(=O)CN2CCN(C)CC2)CC[C@@]2(C)[C@H]1CC[C@]1(C)[C@@H]2C(=O)C=C2[C@@H]3C[C@@](C)(C(=O)OC(c4ccccc4)c4ccccc4)CC[C@]3(C)CC[C@]21C. The van der Waals surface area contributed by atoms with E-state index in [0.717, 1.165) is 56.6 Å². The van der Waals surface area contributed by atoms with Crippen LogP contribution in [0.2, 0.25) is 0 Å². The van der Waals surface area contributed by atoms with Crippen LogP contribution in [0.25, 0.3) is 0 Å². The van der Waals surface area contributed by atoms with Crippen LogP contribution in [0.5, 0.6) is 0 Å². The molecule has 5 aliphatic carbocycles. The lowest BCUT2D eigenvalue weighted by molar-refractivity contribution is -0.224. The van der Waals surface area contributed by atoms with Gasteiger partial charge in [0.2, 0.25) is 0 Å². The molecule has 4 saturated carbocycles. The van der Waals surface area contributed by atoms with Gasteiger partial charge in [-0.3, -0.25) is 24.1 Å². The van der Waals surface area contributed by atoms with Gasteiger partial charge < -0.3 is 27.9 Å². The molecule has 9 rings (SSSR count). The standard InChI is InChI=1S/C55H70N2O10/c1-35-41(65-49(62)64-35)34-63-48(61)55(7)42-19-22-54(6)46(52(42,4)21-20-43(55)66-44(59)33-57-29-27-56(8)28-30-57)40(58)31-38-39-32-51(3,24-23-50(39,2)25-26-53(38,54)5)47(60)67-45(36-15-11-9-12-16-36)37-17-13-10-14-18-37/h9-18,31,39,42-43,45-46H,19-30,32-34H2,1-8H3/t39-,42+,43-,46+,50+,51-,52-,53+,54+,55-/m0/s1. The van der Waals surface area contributed by atoms with Gasteiger partial charge in [-0.1, -0.05) is 93.9 Å². The lowest BCUT2D eigenvalue weighted by Crippen LogP contribution is -2.68. The highest BCUT2D eigenvalue weighted by atomic mass is 16.6. The van der Waals surface area contributed by atoms with E-state index < -0.39 is 51.6 Å². The van der Waals surface area contributed by atoms with Crippen molar-refractivity contribution in [1.82, 2.24) is 9.80 Å². The molecule has 2 aromatic carbocycles. The number of benzene rings is 2. The molecular formula is C55H70N2O10. The fourth-order valence-corrected chi connectivity index (χ4v) is 14.5.